The Labute approximate surface area is 142 Å². The second kappa shape index (κ2) is 7.04. The molecule has 1 aliphatic rings. The molecule has 2 unspecified atom stereocenters. The molecule has 0 aliphatic carbocycles. The summed E-state index contributed by atoms with van der Waals surface area (Å²) in [4.78, 5) is 6.75. The number of halogens is 1. The van der Waals surface area contributed by atoms with E-state index in [1.807, 2.05) is 36.0 Å². The fourth-order valence-corrected chi connectivity index (χ4v) is 3.67. The summed E-state index contributed by atoms with van der Waals surface area (Å²) in [6.45, 7) is 4.20. The molecule has 124 valence electrons. The predicted molar refractivity (Wildman–Crippen MR) is 92.3 cm³/mol. The Morgan fingerprint density at radius 2 is 2.04 bits per heavy atom. The van der Waals surface area contributed by atoms with Crippen molar-refractivity contribution >= 4 is 11.6 Å². The minimum Gasteiger partial charge on any atom is -0.385 e. The van der Waals surface area contributed by atoms with Gasteiger partial charge in [-0.1, -0.05) is 23.7 Å². The number of rotatable bonds is 4. The lowest BCUT2D eigenvalue weighted by Gasteiger charge is -2.37. The Morgan fingerprint density at radius 1 is 1.30 bits per heavy atom. The summed E-state index contributed by atoms with van der Waals surface area (Å²) in [5, 5.41) is 11.4. The van der Waals surface area contributed by atoms with Crippen molar-refractivity contribution < 1.29 is 5.11 Å². The maximum Gasteiger partial charge on any atom is 0.137 e. The Hall–Kier alpha value is -1.36. The van der Waals surface area contributed by atoms with E-state index in [4.69, 9.17) is 11.6 Å². The zero-order chi connectivity index (χ0) is 16.4. The van der Waals surface area contributed by atoms with Gasteiger partial charge < -0.3 is 9.67 Å². The van der Waals surface area contributed by atoms with E-state index < -0.39 is 6.10 Å². The number of benzene rings is 1. The molecule has 1 saturated heterocycles. The molecule has 3 rings (SSSR count). The molecule has 1 aliphatic heterocycles. The number of likely N-dealkylation sites (tertiary alicyclic amines) is 1. The van der Waals surface area contributed by atoms with Crippen LogP contribution in [0.25, 0.3) is 0 Å². The Balaban J connectivity index is 1.61. The highest BCUT2D eigenvalue weighted by Crippen LogP contribution is 2.33. The molecule has 0 bridgehead atoms. The number of aryl methyl sites for hydroxylation is 1. The molecular weight excluding hydrogens is 310 g/mol. The number of hydrogen-bond donors (Lipinski definition) is 1. The summed E-state index contributed by atoms with van der Waals surface area (Å²) < 4.78 is 1.91. The van der Waals surface area contributed by atoms with Gasteiger partial charge in [0.2, 0.25) is 0 Å². The van der Waals surface area contributed by atoms with Crippen molar-refractivity contribution in [3.05, 3.63) is 53.1 Å². The van der Waals surface area contributed by atoms with Gasteiger partial charge in [0.1, 0.15) is 11.9 Å². The van der Waals surface area contributed by atoms with Crippen molar-refractivity contribution in [3.8, 4) is 0 Å². The van der Waals surface area contributed by atoms with Crippen LogP contribution in [0, 0.1) is 5.92 Å². The SMILES string of the molecule is CC(c1cccc(Cl)c1)N1CCC(C(O)c2nccn2C)CC1. The number of aliphatic hydroxyl groups is 1. The number of piperidine rings is 1. The van der Waals surface area contributed by atoms with Crippen molar-refractivity contribution in [1.29, 1.82) is 0 Å². The molecule has 2 aromatic rings. The fourth-order valence-electron chi connectivity index (χ4n) is 3.47. The first kappa shape index (κ1) is 16.5. The zero-order valence-electron chi connectivity index (χ0n) is 13.7. The van der Waals surface area contributed by atoms with Gasteiger partial charge in [-0.2, -0.15) is 0 Å². The number of aliphatic hydroxyl groups excluding tert-OH is 1. The first-order valence-electron chi connectivity index (χ1n) is 8.21. The van der Waals surface area contributed by atoms with Gasteiger partial charge in [-0.05, 0) is 56.5 Å². The van der Waals surface area contributed by atoms with Crippen molar-refractivity contribution in [2.75, 3.05) is 13.1 Å². The van der Waals surface area contributed by atoms with Crippen molar-refractivity contribution in [3.63, 3.8) is 0 Å². The van der Waals surface area contributed by atoms with E-state index in [0.717, 1.165) is 36.8 Å². The molecule has 2 heterocycles. The summed E-state index contributed by atoms with van der Waals surface area (Å²) in [7, 11) is 1.93. The molecule has 4 nitrogen and oxygen atoms in total. The minimum absolute atomic E-state index is 0.277. The van der Waals surface area contributed by atoms with Gasteiger partial charge in [0, 0.05) is 30.5 Å². The highest BCUT2D eigenvalue weighted by Gasteiger charge is 2.30. The van der Waals surface area contributed by atoms with Gasteiger partial charge in [-0.3, -0.25) is 4.90 Å². The molecule has 1 fully saturated rings. The van der Waals surface area contributed by atoms with Crippen LogP contribution in [0.3, 0.4) is 0 Å². The second-order valence-corrected chi connectivity index (χ2v) is 6.88. The van der Waals surface area contributed by atoms with Crippen LogP contribution in [0.15, 0.2) is 36.7 Å². The number of imidazole rings is 1. The molecule has 2 atom stereocenters. The van der Waals surface area contributed by atoms with E-state index in [2.05, 4.69) is 22.9 Å². The summed E-state index contributed by atoms with van der Waals surface area (Å²) in [5.74, 6) is 1.05. The maximum absolute atomic E-state index is 10.6. The minimum atomic E-state index is -0.473. The van der Waals surface area contributed by atoms with Gasteiger partial charge >= 0.3 is 0 Å². The molecule has 1 aromatic carbocycles. The van der Waals surface area contributed by atoms with E-state index in [1.165, 1.54) is 5.56 Å². The molecule has 0 saturated carbocycles. The summed E-state index contributed by atoms with van der Waals surface area (Å²) >= 11 is 6.10. The van der Waals surface area contributed by atoms with Crippen molar-refractivity contribution in [2.24, 2.45) is 13.0 Å². The third kappa shape index (κ3) is 3.60. The first-order valence-corrected chi connectivity index (χ1v) is 8.59. The number of hydrogen-bond acceptors (Lipinski definition) is 3. The molecule has 23 heavy (non-hydrogen) atoms. The maximum atomic E-state index is 10.6. The molecule has 5 heteroatoms. The van der Waals surface area contributed by atoms with Gasteiger partial charge in [0.05, 0.1) is 0 Å². The third-order valence-corrected chi connectivity index (χ3v) is 5.26. The average molecular weight is 334 g/mol. The van der Waals surface area contributed by atoms with Gasteiger partial charge in [0.15, 0.2) is 0 Å². The Kier molecular flexibility index (Phi) is 5.05. The second-order valence-electron chi connectivity index (χ2n) is 6.45. The lowest BCUT2D eigenvalue weighted by atomic mass is 9.89. The van der Waals surface area contributed by atoms with Crippen LogP contribution >= 0.6 is 11.6 Å². The van der Waals surface area contributed by atoms with Crippen LogP contribution in [0.2, 0.25) is 5.02 Å². The number of nitrogens with zero attached hydrogens (tertiary/aromatic N) is 3. The normalized spacial score (nSPS) is 19.7. The van der Waals surface area contributed by atoms with E-state index in [0.29, 0.717) is 6.04 Å². The topological polar surface area (TPSA) is 41.3 Å². The summed E-state index contributed by atoms with van der Waals surface area (Å²) in [6.07, 6.45) is 5.13. The average Bonchev–Trinajstić information content (AvgIpc) is 3.00. The van der Waals surface area contributed by atoms with Crippen molar-refractivity contribution in [1.82, 2.24) is 14.5 Å². The van der Waals surface area contributed by atoms with E-state index in [1.54, 1.807) is 6.20 Å². The third-order valence-electron chi connectivity index (χ3n) is 5.02. The summed E-state index contributed by atoms with van der Waals surface area (Å²) in [6, 6.07) is 8.44. The number of aromatic nitrogens is 2. The molecule has 0 spiro atoms. The Bertz CT molecular complexity index is 649. The highest BCUT2D eigenvalue weighted by molar-refractivity contribution is 6.30. The standard InChI is InChI=1S/C18H24ClN3O/c1-13(15-4-3-5-16(19)12-15)22-9-6-14(7-10-22)17(23)18-20-8-11-21(18)2/h3-5,8,11-14,17,23H,6-7,9-10H2,1-2H3. The molecule has 0 radical (unpaired) electrons. The van der Waals surface area contributed by atoms with Crippen molar-refractivity contribution in [2.45, 2.75) is 31.9 Å². The Morgan fingerprint density at radius 3 is 2.65 bits per heavy atom. The van der Waals surface area contributed by atoms with Gasteiger partial charge in [-0.25, -0.2) is 4.98 Å². The lowest BCUT2D eigenvalue weighted by Crippen LogP contribution is -2.37. The zero-order valence-corrected chi connectivity index (χ0v) is 14.4. The lowest BCUT2D eigenvalue weighted by molar-refractivity contribution is 0.0406. The van der Waals surface area contributed by atoms with Crippen LogP contribution in [0.4, 0.5) is 0 Å². The van der Waals surface area contributed by atoms with Crippen LogP contribution in [-0.4, -0.2) is 32.6 Å². The van der Waals surface area contributed by atoms with Gasteiger partial charge in [0.25, 0.3) is 0 Å². The predicted octanol–water partition coefficient (Wildman–Crippen LogP) is 3.58. The molecular formula is C18H24ClN3O. The largest absolute Gasteiger partial charge is 0.385 e. The summed E-state index contributed by atoms with van der Waals surface area (Å²) in [5.41, 5.74) is 1.25. The van der Waals surface area contributed by atoms with E-state index >= 15 is 0 Å². The fraction of sp³-hybridized carbons (Fsp3) is 0.500. The van der Waals surface area contributed by atoms with Crippen LogP contribution < -0.4 is 0 Å². The molecule has 0 amide bonds. The van der Waals surface area contributed by atoms with E-state index in [9.17, 15) is 5.11 Å². The van der Waals surface area contributed by atoms with Gasteiger partial charge in [-0.15, -0.1) is 0 Å². The smallest absolute Gasteiger partial charge is 0.137 e. The highest BCUT2D eigenvalue weighted by atomic mass is 35.5. The first-order chi connectivity index (χ1) is 11.1. The van der Waals surface area contributed by atoms with E-state index in [-0.39, 0.29) is 5.92 Å². The quantitative estimate of drug-likeness (QED) is 0.929. The molecule has 1 aromatic heterocycles. The molecule has 1 N–H and O–H groups in total. The monoisotopic (exact) mass is 333 g/mol. The van der Waals surface area contributed by atoms with Crippen LogP contribution in [-0.2, 0) is 7.05 Å². The van der Waals surface area contributed by atoms with Crippen LogP contribution in [0.1, 0.15) is 43.3 Å². The van der Waals surface area contributed by atoms with Crippen LogP contribution in [0.5, 0.6) is 0 Å².